The molecule has 2 fully saturated rings. The predicted octanol–water partition coefficient (Wildman–Crippen LogP) is -1.61. The van der Waals surface area contributed by atoms with Gasteiger partial charge in [-0.1, -0.05) is 0 Å². The van der Waals surface area contributed by atoms with Crippen LogP contribution in [0.5, 0.6) is 0 Å². The average Bonchev–Trinajstić information content (AvgIpc) is 2.67. The molecule has 0 aromatic rings. The van der Waals surface area contributed by atoms with E-state index in [9.17, 15) is 18.0 Å². The zero-order chi connectivity index (χ0) is 16.3. The summed E-state index contributed by atoms with van der Waals surface area (Å²) in [6, 6.07) is -2.10. The standard InChI is InChI=1S/C10H18N4O7S/c11-4-1-5-20-12-9(15)8-3-2-7-6-13(8)10(16)14(7)21-22(17,18)19/h7-8H,1-6,11H2,(H,12,15)(H,17,18,19)/t7-,8+/m0/s1. The molecule has 0 unspecified atom stereocenters. The van der Waals surface area contributed by atoms with Gasteiger partial charge in [0, 0.05) is 6.54 Å². The molecule has 3 amide bonds. The van der Waals surface area contributed by atoms with E-state index in [4.69, 9.17) is 15.1 Å². The number of carbonyl (C=O) groups excluding carboxylic acids is 2. The molecule has 2 bridgehead atoms. The number of nitrogens with one attached hydrogen (secondary N) is 1. The van der Waals surface area contributed by atoms with Crippen molar-refractivity contribution in [2.45, 2.75) is 31.3 Å². The van der Waals surface area contributed by atoms with Crippen molar-refractivity contribution in [3.63, 3.8) is 0 Å². The van der Waals surface area contributed by atoms with Crippen LogP contribution in [0.2, 0.25) is 0 Å². The molecular weight excluding hydrogens is 320 g/mol. The second-order valence-corrected chi connectivity index (χ2v) is 5.97. The van der Waals surface area contributed by atoms with Gasteiger partial charge in [0.25, 0.3) is 5.91 Å². The van der Waals surface area contributed by atoms with E-state index < -0.39 is 34.4 Å². The van der Waals surface area contributed by atoms with Crippen molar-refractivity contribution in [3.8, 4) is 0 Å². The van der Waals surface area contributed by atoms with Crippen LogP contribution in [0, 0.1) is 0 Å². The molecule has 0 aliphatic carbocycles. The summed E-state index contributed by atoms with van der Waals surface area (Å²) in [5.74, 6) is -0.502. The molecule has 2 atom stereocenters. The van der Waals surface area contributed by atoms with Gasteiger partial charge in [-0.15, -0.1) is 4.28 Å². The van der Waals surface area contributed by atoms with Gasteiger partial charge in [-0.2, -0.15) is 13.5 Å². The van der Waals surface area contributed by atoms with Crippen molar-refractivity contribution in [2.75, 3.05) is 19.7 Å². The van der Waals surface area contributed by atoms with Crippen LogP contribution in [-0.2, 0) is 24.3 Å². The summed E-state index contributed by atoms with van der Waals surface area (Å²) < 4.78 is 34.4. The third kappa shape index (κ3) is 3.84. The lowest BCUT2D eigenvalue weighted by Gasteiger charge is -2.28. The van der Waals surface area contributed by atoms with E-state index in [2.05, 4.69) is 9.76 Å². The Morgan fingerprint density at radius 1 is 1.45 bits per heavy atom. The number of hydrogen-bond acceptors (Lipinski definition) is 7. The molecule has 126 valence electrons. The Labute approximate surface area is 127 Å². The average molecular weight is 338 g/mol. The molecular formula is C10H18N4O7S. The zero-order valence-corrected chi connectivity index (χ0v) is 12.5. The van der Waals surface area contributed by atoms with Gasteiger partial charge in [0.1, 0.15) is 6.04 Å². The van der Waals surface area contributed by atoms with E-state index in [1.807, 2.05) is 0 Å². The maximum atomic E-state index is 12.1. The minimum atomic E-state index is -4.80. The molecule has 2 saturated heterocycles. The number of hydroxylamine groups is 3. The molecule has 2 rings (SSSR count). The highest BCUT2D eigenvalue weighted by Crippen LogP contribution is 2.30. The number of amides is 3. The highest BCUT2D eigenvalue weighted by molar-refractivity contribution is 7.80. The van der Waals surface area contributed by atoms with Crippen LogP contribution < -0.4 is 11.2 Å². The number of urea groups is 1. The summed E-state index contributed by atoms with van der Waals surface area (Å²) >= 11 is 0. The maximum Gasteiger partial charge on any atom is 0.418 e. The van der Waals surface area contributed by atoms with Gasteiger partial charge in [-0.05, 0) is 25.8 Å². The van der Waals surface area contributed by atoms with Crippen molar-refractivity contribution >= 4 is 22.3 Å². The summed E-state index contributed by atoms with van der Waals surface area (Å²) in [5, 5.41) is 0.581. The SMILES string of the molecule is NCCCONC(=O)[C@H]1CC[C@H]2CN1C(=O)N2OS(=O)(=O)O. The van der Waals surface area contributed by atoms with Gasteiger partial charge in [0.05, 0.1) is 12.6 Å². The Balaban J connectivity index is 1.95. The highest BCUT2D eigenvalue weighted by atomic mass is 32.3. The van der Waals surface area contributed by atoms with Crippen molar-refractivity contribution in [2.24, 2.45) is 5.73 Å². The normalized spacial score (nSPS) is 24.7. The lowest BCUT2D eigenvalue weighted by molar-refractivity contribution is -0.138. The van der Waals surface area contributed by atoms with Gasteiger partial charge < -0.3 is 10.6 Å². The molecule has 12 heteroatoms. The van der Waals surface area contributed by atoms with Gasteiger partial charge in [-0.3, -0.25) is 14.2 Å². The van der Waals surface area contributed by atoms with E-state index in [0.717, 1.165) is 0 Å². The fourth-order valence-corrected chi connectivity index (χ4v) is 2.84. The third-order valence-corrected chi connectivity index (χ3v) is 3.77. The van der Waals surface area contributed by atoms with Gasteiger partial charge >= 0.3 is 16.4 Å². The third-order valence-electron chi connectivity index (χ3n) is 3.42. The second-order valence-electron chi connectivity index (χ2n) is 4.97. The van der Waals surface area contributed by atoms with Crippen LogP contribution in [-0.4, -0.2) is 66.7 Å². The number of fused-ring (bicyclic) bond motifs is 2. The Bertz CT molecular complexity index is 539. The fourth-order valence-electron chi connectivity index (χ4n) is 2.45. The van der Waals surface area contributed by atoms with Gasteiger partial charge in [0.15, 0.2) is 0 Å². The van der Waals surface area contributed by atoms with Crippen LogP contribution >= 0.6 is 0 Å². The van der Waals surface area contributed by atoms with Crippen molar-refractivity contribution < 1.29 is 31.7 Å². The topological polar surface area (TPSA) is 151 Å². The molecule has 0 saturated carbocycles. The molecule has 0 spiro atoms. The first-order valence-electron chi connectivity index (χ1n) is 6.72. The van der Waals surface area contributed by atoms with Crippen LogP contribution in [0.3, 0.4) is 0 Å². The predicted molar refractivity (Wildman–Crippen MR) is 71.2 cm³/mol. The minimum Gasteiger partial charge on any atom is -0.330 e. The minimum absolute atomic E-state index is 0.134. The Morgan fingerprint density at radius 2 is 2.18 bits per heavy atom. The monoisotopic (exact) mass is 338 g/mol. The van der Waals surface area contributed by atoms with Crippen molar-refractivity contribution in [1.29, 1.82) is 0 Å². The van der Waals surface area contributed by atoms with Crippen LogP contribution in [0.15, 0.2) is 0 Å². The number of rotatable bonds is 7. The first-order chi connectivity index (χ1) is 10.3. The van der Waals surface area contributed by atoms with Crippen molar-refractivity contribution in [1.82, 2.24) is 15.4 Å². The first-order valence-corrected chi connectivity index (χ1v) is 8.08. The smallest absolute Gasteiger partial charge is 0.330 e. The highest BCUT2D eigenvalue weighted by Gasteiger charge is 2.49. The number of carbonyl (C=O) groups is 2. The molecule has 11 nitrogen and oxygen atoms in total. The molecule has 2 heterocycles. The van der Waals surface area contributed by atoms with Gasteiger partial charge in [0.2, 0.25) is 0 Å². The lowest BCUT2D eigenvalue weighted by atomic mass is 10.0. The summed E-state index contributed by atoms with van der Waals surface area (Å²) in [5.41, 5.74) is 7.52. The molecule has 2 aliphatic rings. The maximum absolute atomic E-state index is 12.1. The fraction of sp³-hybridized carbons (Fsp3) is 0.800. The number of nitrogens with zero attached hydrogens (tertiary/aromatic N) is 2. The van der Waals surface area contributed by atoms with Crippen molar-refractivity contribution in [3.05, 3.63) is 0 Å². The Morgan fingerprint density at radius 3 is 2.82 bits per heavy atom. The Hall–Kier alpha value is -1.47. The van der Waals surface area contributed by atoms with Gasteiger partial charge in [-0.25, -0.2) is 10.3 Å². The molecule has 0 radical (unpaired) electrons. The molecule has 0 aromatic heterocycles. The summed E-state index contributed by atoms with van der Waals surface area (Å²) in [6.45, 7) is 0.812. The molecule has 0 aromatic carbocycles. The summed E-state index contributed by atoms with van der Waals surface area (Å²) in [4.78, 5) is 30.2. The van der Waals surface area contributed by atoms with E-state index in [1.165, 1.54) is 4.90 Å². The number of nitrogens with two attached hydrogens (primary N) is 1. The molecule has 2 aliphatic heterocycles. The quantitative estimate of drug-likeness (QED) is 0.285. The van der Waals surface area contributed by atoms with Crippen LogP contribution in [0.25, 0.3) is 0 Å². The Kier molecular flexibility index (Phi) is 5.18. The van der Waals surface area contributed by atoms with Crippen LogP contribution in [0.1, 0.15) is 19.3 Å². The number of hydrogen-bond donors (Lipinski definition) is 3. The molecule has 22 heavy (non-hydrogen) atoms. The number of piperidine rings is 1. The van der Waals surface area contributed by atoms with E-state index >= 15 is 0 Å². The summed E-state index contributed by atoms with van der Waals surface area (Å²) in [7, 11) is -4.80. The van der Waals surface area contributed by atoms with E-state index in [0.29, 0.717) is 30.9 Å². The first kappa shape index (κ1) is 16.9. The van der Waals surface area contributed by atoms with E-state index in [-0.39, 0.29) is 13.2 Å². The second kappa shape index (κ2) is 6.75. The largest absolute Gasteiger partial charge is 0.418 e. The lowest BCUT2D eigenvalue weighted by Crippen LogP contribution is -2.49. The molecule has 4 N–H and O–H groups in total. The summed E-state index contributed by atoms with van der Waals surface area (Å²) in [6.07, 6.45) is 1.26. The van der Waals surface area contributed by atoms with E-state index in [1.54, 1.807) is 0 Å². The zero-order valence-electron chi connectivity index (χ0n) is 11.7. The van der Waals surface area contributed by atoms with Crippen LogP contribution in [0.4, 0.5) is 4.79 Å².